The molecule has 0 spiro atoms. The van der Waals surface area contributed by atoms with Gasteiger partial charge in [0.2, 0.25) is 5.91 Å². The minimum atomic E-state index is -0.941. The van der Waals surface area contributed by atoms with Crippen molar-refractivity contribution in [1.82, 2.24) is 5.32 Å². The number of carbonyl (C=O) groups is 2. The number of carboxylic acids is 1. The van der Waals surface area contributed by atoms with E-state index in [1.165, 1.54) is 11.3 Å². The smallest absolute Gasteiger partial charge is 0.307 e. The molecule has 1 amide bonds. The zero-order valence-corrected chi connectivity index (χ0v) is 11.6. The number of aliphatic hydroxyl groups excluding tert-OH is 1. The molecule has 0 radical (unpaired) electrons. The van der Waals surface area contributed by atoms with E-state index in [4.69, 9.17) is 5.11 Å². The Bertz CT molecular complexity index is 483. The van der Waals surface area contributed by atoms with E-state index in [0.717, 1.165) is 5.56 Å². The highest BCUT2D eigenvalue weighted by Gasteiger charge is 2.65. The van der Waals surface area contributed by atoms with Crippen molar-refractivity contribution in [2.75, 3.05) is 6.54 Å². The van der Waals surface area contributed by atoms with Crippen LogP contribution in [0.15, 0.2) is 16.8 Å². The fraction of sp³-hybridized carbons (Fsp3) is 0.538. The first kappa shape index (κ1) is 14.0. The molecule has 3 atom stereocenters. The first-order chi connectivity index (χ1) is 8.85. The summed E-state index contributed by atoms with van der Waals surface area (Å²) >= 11 is 1.47. The molecular formula is C13H17NO4S. The minimum Gasteiger partial charge on any atom is -0.481 e. The number of carboxylic acid groups (broad SMARTS) is 1. The van der Waals surface area contributed by atoms with Gasteiger partial charge in [-0.2, -0.15) is 11.3 Å². The Labute approximate surface area is 115 Å². The summed E-state index contributed by atoms with van der Waals surface area (Å²) < 4.78 is 0. The van der Waals surface area contributed by atoms with Gasteiger partial charge < -0.3 is 15.5 Å². The molecule has 19 heavy (non-hydrogen) atoms. The SMILES string of the molecule is CC1(C)[C@H](C(=O)O)[C@@H]1C(=O)NCC(O)c1ccsc1. The maximum atomic E-state index is 11.9. The lowest BCUT2D eigenvalue weighted by Crippen LogP contribution is -2.31. The van der Waals surface area contributed by atoms with Crippen molar-refractivity contribution in [1.29, 1.82) is 0 Å². The molecule has 1 aliphatic rings. The highest BCUT2D eigenvalue weighted by atomic mass is 32.1. The third-order valence-electron chi connectivity index (χ3n) is 3.77. The van der Waals surface area contributed by atoms with Gasteiger partial charge in [-0.15, -0.1) is 0 Å². The Kier molecular flexibility index (Phi) is 3.64. The summed E-state index contributed by atoms with van der Waals surface area (Å²) in [6.45, 7) is 3.64. The molecule has 1 saturated carbocycles. The van der Waals surface area contributed by atoms with Gasteiger partial charge in [0.25, 0.3) is 0 Å². The number of hydrogen-bond donors (Lipinski definition) is 3. The standard InChI is InChI=1S/C13H17NO4S/c1-13(2)9(10(13)12(17)18)11(16)14-5-8(15)7-3-4-19-6-7/h3-4,6,8-10,15H,5H2,1-2H3,(H,14,16)(H,17,18)/t8?,9-,10+/m1/s1. The zero-order chi connectivity index (χ0) is 14.2. The maximum Gasteiger partial charge on any atom is 0.307 e. The molecular weight excluding hydrogens is 266 g/mol. The Morgan fingerprint density at radius 2 is 2.16 bits per heavy atom. The van der Waals surface area contributed by atoms with Crippen LogP contribution in [0.25, 0.3) is 0 Å². The molecule has 1 aromatic rings. The van der Waals surface area contributed by atoms with E-state index in [2.05, 4.69) is 5.32 Å². The van der Waals surface area contributed by atoms with E-state index in [9.17, 15) is 14.7 Å². The van der Waals surface area contributed by atoms with E-state index >= 15 is 0 Å². The van der Waals surface area contributed by atoms with Crippen LogP contribution >= 0.6 is 11.3 Å². The van der Waals surface area contributed by atoms with E-state index in [-0.39, 0.29) is 12.5 Å². The molecule has 2 rings (SSSR count). The first-order valence-electron chi connectivity index (χ1n) is 6.06. The van der Waals surface area contributed by atoms with Gasteiger partial charge in [-0.25, -0.2) is 0 Å². The van der Waals surface area contributed by atoms with Crippen molar-refractivity contribution in [2.24, 2.45) is 17.3 Å². The molecule has 0 aliphatic heterocycles. The zero-order valence-electron chi connectivity index (χ0n) is 10.8. The van der Waals surface area contributed by atoms with Gasteiger partial charge in [0.05, 0.1) is 17.9 Å². The monoisotopic (exact) mass is 283 g/mol. The Hall–Kier alpha value is -1.40. The first-order valence-corrected chi connectivity index (χ1v) is 7.00. The molecule has 3 N–H and O–H groups in total. The van der Waals surface area contributed by atoms with Gasteiger partial charge in [-0.1, -0.05) is 13.8 Å². The molecule has 1 heterocycles. The molecule has 104 valence electrons. The van der Waals surface area contributed by atoms with E-state index in [0.29, 0.717) is 0 Å². The van der Waals surface area contributed by atoms with Crippen molar-refractivity contribution in [3.05, 3.63) is 22.4 Å². The van der Waals surface area contributed by atoms with Gasteiger partial charge >= 0.3 is 5.97 Å². The van der Waals surface area contributed by atoms with Gasteiger partial charge in [-0.05, 0) is 27.8 Å². The Balaban J connectivity index is 1.88. The van der Waals surface area contributed by atoms with Crippen LogP contribution in [0.2, 0.25) is 0 Å². The van der Waals surface area contributed by atoms with Crippen molar-refractivity contribution in [3.63, 3.8) is 0 Å². The number of aliphatic carboxylic acids is 1. The highest BCUT2D eigenvalue weighted by Crippen LogP contribution is 2.58. The van der Waals surface area contributed by atoms with E-state index in [1.54, 1.807) is 19.9 Å². The Morgan fingerprint density at radius 1 is 1.47 bits per heavy atom. The summed E-state index contributed by atoms with van der Waals surface area (Å²) in [5.41, 5.74) is 0.249. The third-order valence-corrected chi connectivity index (χ3v) is 4.47. The van der Waals surface area contributed by atoms with Gasteiger partial charge in [0.1, 0.15) is 0 Å². The fourth-order valence-corrected chi connectivity index (χ4v) is 3.18. The predicted molar refractivity (Wildman–Crippen MR) is 70.7 cm³/mol. The molecule has 0 saturated heterocycles. The molecule has 1 aliphatic carbocycles. The topological polar surface area (TPSA) is 86.6 Å². The summed E-state index contributed by atoms with van der Waals surface area (Å²) in [6, 6.07) is 1.79. The largest absolute Gasteiger partial charge is 0.481 e. The second-order valence-corrected chi connectivity index (χ2v) is 6.21. The second-order valence-electron chi connectivity index (χ2n) is 5.43. The summed E-state index contributed by atoms with van der Waals surface area (Å²) in [7, 11) is 0. The average molecular weight is 283 g/mol. The van der Waals surface area contributed by atoms with Crippen LogP contribution in [0.5, 0.6) is 0 Å². The molecule has 0 bridgehead atoms. The summed E-state index contributed by atoms with van der Waals surface area (Å²) in [5, 5.41) is 25.1. The minimum absolute atomic E-state index is 0.106. The quantitative estimate of drug-likeness (QED) is 0.759. The van der Waals surface area contributed by atoms with Gasteiger partial charge in [0.15, 0.2) is 0 Å². The average Bonchev–Trinajstić information content (AvgIpc) is 2.74. The van der Waals surface area contributed by atoms with Crippen LogP contribution < -0.4 is 5.32 Å². The molecule has 6 heteroatoms. The van der Waals surface area contributed by atoms with Crippen LogP contribution in [-0.4, -0.2) is 28.6 Å². The summed E-state index contributed by atoms with van der Waals surface area (Å²) in [5.74, 6) is -2.39. The number of amides is 1. The number of aliphatic hydroxyl groups is 1. The lowest BCUT2D eigenvalue weighted by atomic mass is 10.1. The van der Waals surface area contributed by atoms with Crippen LogP contribution in [0.1, 0.15) is 25.5 Å². The number of nitrogens with one attached hydrogen (secondary N) is 1. The normalized spacial score (nSPS) is 25.6. The van der Waals surface area contributed by atoms with Crippen LogP contribution in [0.3, 0.4) is 0 Å². The lowest BCUT2D eigenvalue weighted by molar-refractivity contribution is -0.140. The van der Waals surface area contributed by atoms with Gasteiger partial charge in [-0.3, -0.25) is 9.59 Å². The van der Waals surface area contributed by atoms with E-state index < -0.39 is 29.3 Å². The van der Waals surface area contributed by atoms with Gasteiger partial charge in [0, 0.05) is 6.54 Å². The van der Waals surface area contributed by atoms with Crippen molar-refractivity contribution < 1.29 is 19.8 Å². The second kappa shape index (κ2) is 4.94. The highest BCUT2D eigenvalue weighted by molar-refractivity contribution is 7.07. The number of thiophene rings is 1. The van der Waals surface area contributed by atoms with Crippen LogP contribution in [0.4, 0.5) is 0 Å². The van der Waals surface area contributed by atoms with Crippen LogP contribution in [-0.2, 0) is 9.59 Å². The number of rotatable bonds is 5. The summed E-state index contributed by atoms with van der Waals surface area (Å²) in [6.07, 6.45) is -0.750. The van der Waals surface area contributed by atoms with Crippen molar-refractivity contribution in [3.8, 4) is 0 Å². The number of hydrogen-bond acceptors (Lipinski definition) is 4. The third kappa shape index (κ3) is 2.64. The van der Waals surface area contributed by atoms with Crippen molar-refractivity contribution in [2.45, 2.75) is 20.0 Å². The molecule has 1 aromatic heterocycles. The maximum absolute atomic E-state index is 11.9. The van der Waals surface area contributed by atoms with E-state index in [1.807, 2.05) is 10.8 Å². The predicted octanol–water partition coefficient (Wildman–Crippen LogP) is 1.25. The lowest BCUT2D eigenvalue weighted by Gasteiger charge is -2.11. The fourth-order valence-electron chi connectivity index (χ4n) is 2.48. The van der Waals surface area contributed by atoms with Crippen LogP contribution in [0, 0.1) is 17.3 Å². The summed E-state index contributed by atoms with van der Waals surface area (Å²) in [4.78, 5) is 22.9. The molecule has 1 fully saturated rings. The molecule has 5 nitrogen and oxygen atoms in total. The molecule has 1 unspecified atom stereocenters. The van der Waals surface area contributed by atoms with Crippen molar-refractivity contribution >= 4 is 23.2 Å². The molecule has 0 aromatic carbocycles. The Morgan fingerprint density at radius 3 is 2.63 bits per heavy atom. The number of carbonyl (C=O) groups excluding carboxylic acids is 1.